The highest BCUT2D eigenvalue weighted by Gasteiger charge is 2.42. The number of aliphatic hydroxyl groups is 1. The van der Waals surface area contributed by atoms with Crippen LogP contribution >= 0.6 is 0 Å². The first-order chi connectivity index (χ1) is 14.8. The summed E-state index contributed by atoms with van der Waals surface area (Å²) in [5.74, 6) is 0.0910. The van der Waals surface area contributed by atoms with Crippen LogP contribution in [-0.2, 0) is 0 Å². The van der Waals surface area contributed by atoms with Gasteiger partial charge in [0.2, 0.25) is 11.7 Å². The second-order valence-electron chi connectivity index (χ2n) is 8.26. The zero-order valence-corrected chi connectivity index (χ0v) is 17.0. The van der Waals surface area contributed by atoms with E-state index in [9.17, 15) is 14.3 Å². The Labute approximate surface area is 176 Å². The van der Waals surface area contributed by atoms with Crippen LogP contribution in [0.5, 0.6) is 0 Å². The summed E-state index contributed by atoms with van der Waals surface area (Å²) in [4.78, 5) is 21.4. The van der Waals surface area contributed by atoms with Gasteiger partial charge in [0.25, 0.3) is 5.91 Å². The van der Waals surface area contributed by atoms with Crippen LogP contribution in [0.25, 0.3) is 17.0 Å². The number of halogens is 1. The Morgan fingerprint density at radius 3 is 2.90 bits per heavy atom. The van der Waals surface area contributed by atoms with Gasteiger partial charge in [0, 0.05) is 23.4 Å². The standard InChI is InChI=1S/C22H20FN5O3/c1-12-3-4-13(19-26-21(31-27-19)14-8-22(2,30)9-14)7-16(12)25-20(29)17-10-24-18-6-5-15(23)11-28(17)18/h3-7,10-11,14,30H,8-9H2,1-2H3,(H,25,29). The van der Waals surface area contributed by atoms with Gasteiger partial charge in [0.05, 0.1) is 11.8 Å². The molecule has 31 heavy (non-hydrogen) atoms. The van der Waals surface area contributed by atoms with E-state index in [4.69, 9.17) is 4.52 Å². The number of aryl methyl sites for hydroxylation is 1. The number of hydrogen-bond donors (Lipinski definition) is 2. The van der Waals surface area contributed by atoms with E-state index in [2.05, 4.69) is 20.4 Å². The van der Waals surface area contributed by atoms with Gasteiger partial charge < -0.3 is 14.9 Å². The van der Waals surface area contributed by atoms with E-state index < -0.39 is 17.3 Å². The number of hydrogen-bond acceptors (Lipinski definition) is 6. The first-order valence-corrected chi connectivity index (χ1v) is 9.90. The number of imidazole rings is 1. The van der Waals surface area contributed by atoms with Crippen LogP contribution in [0, 0.1) is 12.7 Å². The number of carbonyl (C=O) groups excluding carboxylic acids is 1. The van der Waals surface area contributed by atoms with Crippen molar-refractivity contribution in [1.29, 1.82) is 0 Å². The molecule has 0 radical (unpaired) electrons. The number of pyridine rings is 1. The van der Waals surface area contributed by atoms with Gasteiger partial charge in [-0.15, -0.1) is 0 Å². The number of nitrogens with zero attached hydrogens (tertiary/aromatic N) is 4. The first kappa shape index (κ1) is 19.4. The second kappa shape index (κ2) is 6.98. The number of anilines is 1. The maximum Gasteiger partial charge on any atom is 0.274 e. The molecule has 0 bridgehead atoms. The van der Waals surface area contributed by atoms with Crippen molar-refractivity contribution >= 4 is 17.2 Å². The Kier molecular flexibility index (Phi) is 4.37. The summed E-state index contributed by atoms with van der Waals surface area (Å²) >= 11 is 0. The average molecular weight is 421 g/mol. The molecule has 1 amide bonds. The van der Waals surface area contributed by atoms with Gasteiger partial charge in [-0.1, -0.05) is 17.3 Å². The summed E-state index contributed by atoms with van der Waals surface area (Å²) in [6, 6.07) is 8.26. The van der Waals surface area contributed by atoms with E-state index in [0.717, 1.165) is 5.56 Å². The quantitative estimate of drug-likeness (QED) is 0.520. The second-order valence-corrected chi connectivity index (χ2v) is 8.26. The molecule has 158 valence electrons. The van der Waals surface area contributed by atoms with Crippen LogP contribution in [0.2, 0.25) is 0 Å². The molecule has 8 nitrogen and oxygen atoms in total. The third-order valence-electron chi connectivity index (χ3n) is 5.61. The minimum absolute atomic E-state index is 0.0522. The highest BCUT2D eigenvalue weighted by molar-refractivity contribution is 6.04. The lowest BCUT2D eigenvalue weighted by Crippen LogP contribution is -2.39. The van der Waals surface area contributed by atoms with Crippen LogP contribution in [0.3, 0.4) is 0 Å². The zero-order chi connectivity index (χ0) is 21.8. The number of carbonyl (C=O) groups is 1. The molecular weight excluding hydrogens is 401 g/mol. The Morgan fingerprint density at radius 1 is 1.32 bits per heavy atom. The third kappa shape index (κ3) is 3.57. The Morgan fingerprint density at radius 2 is 2.13 bits per heavy atom. The van der Waals surface area contributed by atoms with Crippen molar-refractivity contribution in [1.82, 2.24) is 19.5 Å². The zero-order valence-electron chi connectivity index (χ0n) is 17.0. The average Bonchev–Trinajstić information content (AvgIpc) is 3.34. The van der Waals surface area contributed by atoms with Gasteiger partial charge in [-0.2, -0.15) is 4.98 Å². The molecule has 1 saturated carbocycles. The molecule has 1 aliphatic rings. The molecule has 0 spiro atoms. The monoisotopic (exact) mass is 421 g/mol. The normalized spacial score (nSPS) is 20.6. The summed E-state index contributed by atoms with van der Waals surface area (Å²) in [7, 11) is 0. The van der Waals surface area contributed by atoms with Crippen molar-refractivity contribution in [3.63, 3.8) is 0 Å². The van der Waals surface area contributed by atoms with E-state index in [0.29, 0.717) is 41.5 Å². The van der Waals surface area contributed by atoms with Crippen molar-refractivity contribution < 1.29 is 18.8 Å². The summed E-state index contributed by atoms with van der Waals surface area (Å²) in [6.07, 6.45) is 3.80. The number of amides is 1. The van der Waals surface area contributed by atoms with Crippen LogP contribution in [-0.4, -0.2) is 36.1 Å². The Hall–Kier alpha value is -3.59. The largest absolute Gasteiger partial charge is 0.390 e. The molecule has 2 N–H and O–H groups in total. The molecule has 0 aliphatic heterocycles. The van der Waals surface area contributed by atoms with E-state index >= 15 is 0 Å². The predicted octanol–water partition coefficient (Wildman–Crippen LogP) is 3.71. The lowest BCUT2D eigenvalue weighted by atomic mass is 9.72. The first-order valence-electron chi connectivity index (χ1n) is 9.90. The summed E-state index contributed by atoms with van der Waals surface area (Å²) in [6.45, 7) is 3.65. The number of aromatic nitrogens is 4. The van der Waals surface area contributed by atoms with Crippen molar-refractivity contribution in [2.75, 3.05) is 5.32 Å². The fourth-order valence-electron chi connectivity index (χ4n) is 3.90. The minimum Gasteiger partial charge on any atom is -0.390 e. The lowest BCUT2D eigenvalue weighted by molar-refractivity contribution is -0.0386. The fourth-order valence-corrected chi connectivity index (χ4v) is 3.90. The summed E-state index contributed by atoms with van der Waals surface area (Å²) in [5, 5.41) is 16.8. The van der Waals surface area contributed by atoms with Crippen LogP contribution in [0.4, 0.5) is 10.1 Å². The van der Waals surface area contributed by atoms with Crippen molar-refractivity contribution in [2.24, 2.45) is 0 Å². The minimum atomic E-state index is -0.679. The van der Waals surface area contributed by atoms with E-state index in [1.165, 1.54) is 28.9 Å². The number of fused-ring (bicyclic) bond motifs is 1. The Bertz CT molecular complexity index is 1300. The van der Waals surface area contributed by atoms with E-state index in [-0.39, 0.29) is 11.6 Å². The van der Waals surface area contributed by atoms with Crippen LogP contribution in [0.1, 0.15) is 47.6 Å². The highest BCUT2D eigenvalue weighted by Crippen LogP contribution is 2.44. The van der Waals surface area contributed by atoms with Gasteiger partial charge in [-0.05, 0) is 50.5 Å². The van der Waals surface area contributed by atoms with Crippen molar-refractivity contribution in [3.05, 3.63) is 65.7 Å². The molecule has 3 aromatic heterocycles. The fraction of sp³-hybridized carbons (Fsp3) is 0.273. The predicted molar refractivity (Wildman–Crippen MR) is 110 cm³/mol. The molecule has 1 fully saturated rings. The van der Waals surface area contributed by atoms with Gasteiger partial charge in [-0.25, -0.2) is 9.37 Å². The smallest absolute Gasteiger partial charge is 0.274 e. The van der Waals surface area contributed by atoms with Gasteiger partial charge in [0.15, 0.2) is 0 Å². The molecule has 0 unspecified atom stereocenters. The molecular formula is C22H20FN5O3. The SMILES string of the molecule is Cc1ccc(-c2noc(C3CC(C)(O)C3)n2)cc1NC(=O)c1cnc2ccc(F)cn12. The van der Waals surface area contributed by atoms with Crippen molar-refractivity contribution in [3.8, 4) is 11.4 Å². The molecule has 9 heteroatoms. The number of nitrogens with one attached hydrogen (secondary N) is 1. The highest BCUT2D eigenvalue weighted by atomic mass is 19.1. The molecule has 1 aromatic carbocycles. The molecule has 3 heterocycles. The van der Waals surface area contributed by atoms with Crippen LogP contribution in [0.15, 0.2) is 47.2 Å². The van der Waals surface area contributed by atoms with E-state index in [1.54, 1.807) is 13.0 Å². The topological polar surface area (TPSA) is 106 Å². The number of rotatable bonds is 4. The Balaban J connectivity index is 1.39. The maximum absolute atomic E-state index is 13.6. The maximum atomic E-state index is 13.6. The van der Waals surface area contributed by atoms with Gasteiger partial charge >= 0.3 is 0 Å². The van der Waals surface area contributed by atoms with Gasteiger partial charge in [-0.3, -0.25) is 9.20 Å². The molecule has 4 aromatic rings. The molecule has 1 aliphatic carbocycles. The molecule has 0 saturated heterocycles. The third-order valence-corrected chi connectivity index (χ3v) is 5.61. The molecule has 0 atom stereocenters. The molecule has 5 rings (SSSR count). The summed E-state index contributed by atoms with van der Waals surface area (Å²) < 4.78 is 20.4. The lowest BCUT2D eigenvalue weighted by Gasteiger charge is -2.38. The summed E-state index contributed by atoms with van der Waals surface area (Å²) in [5.41, 5.74) is 2.12. The van der Waals surface area contributed by atoms with E-state index in [1.807, 2.05) is 19.1 Å². The van der Waals surface area contributed by atoms with Crippen LogP contribution < -0.4 is 5.32 Å². The number of benzene rings is 1. The van der Waals surface area contributed by atoms with Crippen molar-refractivity contribution in [2.45, 2.75) is 38.2 Å². The van der Waals surface area contributed by atoms with Gasteiger partial charge in [0.1, 0.15) is 17.2 Å².